The largest absolute Gasteiger partial charge is 0.358 e. The average Bonchev–Trinajstić information content (AvgIpc) is 2.93. The second-order valence-corrected chi connectivity index (χ2v) is 6.12. The Morgan fingerprint density at radius 1 is 1.20 bits per heavy atom. The van der Waals surface area contributed by atoms with E-state index < -0.39 is 0 Å². The Kier molecular flexibility index (Phi) is 4.08. The van der Waals surface area contributed by atoms with Gasteiger partial charge in [0.15, 0.2) is 12.5 Å². The molecule has 2 heterocycles. The van der Waals surface area contributed by atoms with Crippen LogP contribution in [0, 0.1) is 0 Å². The first kappa shape index (κ1) is 13.6. The summed E-state index contributed by atoms with van der Waals surface area (Å²) in [5, 5.41) is 6.67. The molecule has 0 bridgehead atoms. The van der Waals surface area contributed by atoms with E-state index in [4.69, 9.17) is 0 Å². The number of piperidine rings is 1. The molecule has 2 aliphatic heterocycles. The normalized spacial score (nSPS) is 23.4. The standard InChI is InChI=1S/C15H18BrN3O/c16-12-3-1-11(2-4-12)14-9-19(15(10-20)18-14)13-5-7-17-8-6-13/h1-4,9-10,13,15,17-18H,5-8H2. The first-order valence-electron chi connectivity index (χ1n) is 6.95. The zero-order chi connectivity index (χ0) is 13.9. The zero-order valence-electron chi connectivity index (χ0n) is 11.2. The van der Waals surface area contributed by atoms with Crippen LogP contribution in [0.1, 0.15) is 18.4 Å². The van der Waals surface area contributed by atoms with Crippen molar-refractivity contribution in [2.24, 2.45) is 0 Å². The van der Waals surface area contributed by atoms with Crippen molar-refractivity contribution >= 4 is 27.9 Å². The molecule has 2 N–H and O–H groups in total. The van der Waals surface area contributed by atoms with Crippen LogP contribution >= 0.6 is 15.9 Å². The summed E-state index contributed by atoms with van der Waals surface area (Å²) in [4.78, 5) is 13.5. The van der Waals surface area contributed by atoms with E-state index in [1.165, 1.54) is 0 Å². The van der Waals surface area contributed by atoms with Crippen LogP contribution in [0.3, 0.4) is 0 Å². The third-order valence-corrected chi connectivity index (χ3v) is 4.45. The van der Waals surface area contributed by atoms with Crippen molar-refractivity contribution in [3.8, 4) is 0 Å². The van der Waals surface area contributed by atoms with Gasteiger partial charge < -0.3 is 15.5 Å². The SMILES string of the molecule is O=CC1NC(c2ccc(Br)cc2)=CN1C1CCNCC1. The van der Waals surface area contributed by atoms with E-state index in [2.05, 4.69) is 49.8 Å². The van der Waals surface area contributed by atoms with Gasteiger partial charge in [-0.15, -0.1) is 0 Å². The van der Waals surface area contributed by atoms with E-state index >= 15 is 0 Å². The minimum atomic E-state index is -0.239. The lowest BCUT2D eigenvalue weighted by molar-refractivity contribution is -0.112. The molecule has 0 saturated carbocycles. The van der Waals surface area contributed by atoms with Crippen LogP contribution in [0.15, 0.2) is 34.9 Å². The van der Waals surface area contributed by atoms with Crippen molar-refractivity contribution in [2.75, 3.05) is 13.1 Å². The molecular formula is C15H18BrN3O. The fourth-order valence-electron chi connectivity index (χ4n) is 2.83. The maximum Gasteiger partial charge on any atom is 0.162 e. The lowest BCUT2D eigenvalue weighted by atomic mass is 10.1. The Balaban J connectivity index is 1.82. The lowest BCUT2D eigenvalue weighted by Crippen LogP contribution is -2.47. The number of benzene rings is 1. The molecule has 2 aliphatic rings. The number of rotatable bonds is 3. The summed E-state index contributed by atoms with van der Waals surface area (Å²) in [5.41, 5.74) is 2.13. The molecule has 1 unspecified atom stereocenters. The van der Waals surface area contributed by atoms with Gasteiger partial charge in [0.1, 0.15) is 0 Å². The molecular weight excluding hydrogens is 318 g/mol. The second kappa shape index (κ2) is 5.97. The van der Waals surface area contributed by atoms with E-state index in [1.807, 2.05) is 12.1 Å². The van der Waals surface area contributed by atoms with Crippen LogP contribution in [0.2, 0.25) is 0 Å². The van der Waals surface area contributed by atoms with Gasteiger partial charge in [-0.1, -0.05) is 28.1 Å². The van der Waals surface area contributed by atoms with Crippen LogP contribution < -0.4 is 10.6 Å². The van der Waals surface area contributed by atoms with Crippen molar-refractivity contribution in [1.29, 1.82) is 0 Å². The molecule has 1 saturated heterocycles. The van der Waals surface area contributed by atoms with Crippen molar-refractivity contribution in [1.82, 2.24) is 15.5 Å². The number of halogens is 1. The van der Waals surface area contributed by atoms with Crippen molar-refractivity contribution in [3.05, 3.63) is 40.5 Å². The summed E-state index contributed by atoms with van der Waals surface area (Å²) >= 11 is 3.44. The number of nitrogens with zero attached hydrogens (tertiary/aromatic N) is 1. The molecule has 5 heteroatoms. The molecule has 0 aliphatic carbocycles. The highest BCUT2D eigenvalue weighted by Gasteiger charge is 2.30. The maximum atomic E-state index is 11.3. The molecule has 1 aromatic carbocycles. The Labute approximate surface area is 127 Å². The first-order chi connectivity index (χ1) is 9.78. The van der Waals surface area contributed by atoms with E-state index in [1.54, 1.807) is 0 Å². The quantitative estimate of drug-likeness (QED) is 0.828. The number of aldehydes is 1. The van der Waals surface area contributed by atoms with Gasteiger partial charge in [-0.25, -0.2) is 0 Å². The molecule has 1 aromatic rings. The molecule has 0 aromatic heterocycles. The molecule has 0 spiro atoms. The minimum Gasteiger partial charge on any atom is -0.358 e. The fraction of sp³-hybridized carbons (Fsp3) is 0.400. The number of carbonyl (C=O) groups excluding carboxylic acids is 1. The molecule has 0 radical (unpaired) electrons. The molecule has 20 heavy (non-hydrogen) atoms. The molecule has 106 valence electrons. The monoisotopic (exact) mass is 335 g/mol. The van der Waals surface area contributed by atoms with Crippen LogP contribution in [0.4, 0.5) is 0 Å². The predicted molar refractivity (Wildman–Crippen MR) is 82.8 cm³/mol. The average molecular weight is 336 g/mol. The van der Waals surface area contributed by atoms with E-state index in [0.717, 1.165) is 48.0 Å². The smallest absolute Gasteiger partial charge is 0.162 e. The molecule has 1 atom stereocenters. The zero-order valence-corrected chi connectivity index (χ0v) is 12.8. The van der Waals surface area contributed by atoms with Crippen molar-refractivity contribution < 1.29 is 4.79 Å². The minimum absolute atomic E-state index is 0.239. The molecule has 0 amide bonds. The van der Waals surface area contributed by atoms with Crippen LogP contribution in [0.5, 0.6) is 0 Å². The third-order valence-electron chi connectivity index (χ3n) is 3.92. The predicted octanol–water partition coefficient (Wildman–Crippen LogP) is 1.93. The molecule has 3 rings (SSSR count). The topological polar surface area (TPSA) is 44.4 Å². The van der Waals surface area contributed by atoms with Gasteiger partial charge in [-0.2, -0.15) is 0 Å². The van der Waals surface area contributed by atoms with E-state index in [9.17, 15) is 4.79 Å². The number of carbonyl (C=O) groups is 1. The second-order valence-electron chi connectivity index (χ2n) is 5.20. The van der Waals surface area contributed by atoms with Crippen molar-refractivity contribution in [3.63, 3.8) is 0 Å². The van der Waals surface area contributed by atoms with Gasteiger partial charge in [0.2, 0.25) is 0 Å². The highest BCUT2D eigenvalue weighted by molar-refractivity contribution is 9.10. The fourth-order valence-corrected chi connectivity index (χ4v) is 3.09. The number of nitrogens with one attached hydrogen (secondary N) is 2. The maximum absolute atomic E-state index is 11.3. The molecule has 4 nitrogen and oxygen atoms in total. The van der Waals surface area contributed by atoms with Gasteiger partial charge in [0.25, 0.3) is 0 Å². The van der Waals surface area contributed by atoms with Crippen molar-refractivity contribution in [2.45, 2.75) is 25.0 Å². The van der Waals surface area contributed by atoms with Crippen LogP contribution in [0.25, 0.3) is 5.70 Å². The summed E-state index contributed by atoms with van der Waals surface area (Å²) in [6.07, 6.45) is 5.01. The summed E-state index contributed by atoms with van der Waals surface area (Å²) in [5.74, 6) is 0. The Hall–Kier alpha value is -1.33. The number of hydrogen-bond acceptors (Lipinski definition) is 4. The summed E-state index contributed by atoms with van der Waals surface area (Å²) in [6, 6.07) is 8.57. The van der Waals surface area contributed by atoms with Gasteiger partial charge in [-0.05, 0) is 43.6 Å². The lowest BCUT2D eigenvalue weighted by Gasteiger charge is -2.33. The highest BCUT2D eigenvalue weighted by Crippen LogP contribution is 2.25. The Morgan fingerprint density at radius 3 is 2.55 bits per heavy atom. The van der Waals surface area contributed by atoms with Crippen LogP contribution in [-0.4, -0.2) is 36.5 Å². The highest BCUT2D eigenvalue weighted by atomic mass is 79.9. The van der Waals surface area contributed by atoms with E-state index in [0.29, 0.717) is 6.04 Å². The van der Waals surface area contributed by atoms with Gasteiger partial charge in [0, 0.05) is 16.7 Å². The number of hydrogen-bond donors (Lipinski definition) is 2. The van der Waals surface area contributed by atoms with Gasteiger partial charge in [-0.3, -0.25) is 4.79 Å². The van der Waals surface area contributed by atoms with Gasteiger partial charge >= 0.3 is 0 Å². The van der Waals surface area contributed by atoms with Gasteiger partial charge in [0.05, 0.1) is 5.70 Å². The summed E-state index contributed by atoms with van der Waals surface area (Å²) in [7, 11) is 0. The van der Waals surface area contributed by atoms with E-state index in [-0.39, 0.29) is 6.17 Å². The molecule has 1 fully saturated rings. The Morgan fingerprint density at radius 2 is 1.90 bits per heavy atom. The summed E-state index contributed by atoms with van der Waals surface area (Å²) in [6.45, 7) is 2.04. The van der Waals surface area contributed by atoms with Crippen LogP contribution in [-0.2, 0) is 4.79 Å². The summed E-state index contributed by atoms with van der Waals surface area (Å²) < 4.78 is 1.06. The third kappa shape index (κ3) is 2.74. The Bertz CT molecular complexity index is 508. The first-order valence-corrected chi connectivity index (χ1v) is 7.75.